The van der Waals surface area contributed by atoms with E-state index >= 15 is 0 Å². The fraction of sp³-hybridized carbons (Fsp3) is 0.0435. The van der Waals surface area contributed by atoms with Gasteiger partial charge in [-0.15, -0.1) is 10.2 Å². The Bertz CT molecular complexity index is 1510. The number of carbonyl (C=O) groups is 1. The number of carbonyl (C=O) groups excluding carboxylic acids is 1. The Morgan fingerprint density at radius 3 is 2.46 bits per heavy atom. The normalized spacial score (nSPS) is 10.9. The van der Waals surface area contributed by atoms with Gasteiger partial charge in [0.05, 0.1) is 21.8 Å². The number of nitrogens with zero attached hydrogens (tertiary/aromatic N) is 6. The van der Waals surface area contributed by atoms with Gasteiger partial charge in [0, 0.05) is 41.1 Å². The van der Waals surface area contributed by atoms with E-state index in [-0.39, 0.29) is 28.4 Å². The first-order chi connectivity index (χ1) is 17.8. The largest absolute Gasteiger partial charge is 0.507 e. The first-order valence-corrected chi connectivity index (χ1v) is 11.5. The summed E-state index contributed by atoms with van der Waals surface area (Å²) in [4.78, 5) is 33.4. The third-order valence-electron chi connectivity index (χ3n) is 4.91. The van der Waals surface area contributed by atoms with E-state index in [0.29, 0.717) is 22.2 Å². The van der Waals surface area contributed by atoms with Crippen LogP contribution in [0.25, 0.3) is 17.1 Å². The molecule has 0 spiro atoms. The van der Waals surface area contributed by atoms with E-state index in [1.165, 1.54) is 12.1 Å². The molecule has 0 unspecified atom stereocenters. The van der Waals surface area contributed by atoms with E-state index in [2.05, 4.69) is 20.7 Å². The van der Waals surface area contributed by atoms with Gasteiger partial charge in [-0.3, -0.25) is 29.6 Å². The molecule has 37 heavy (non-hydrogen) atoms. The lowest BCUT2D eigenvalue weighted by Gasteiger charge is -2.10. The number of phenols is 1. The van der Waals surface area contributed by atoms with Crippen molar-refractivity contribution in [1.29, 1.82) is 0 Å². The number of thioether (sulfide) groups is 1. The van der Waals surface area contributed by atoms with Crippen LogP contribution in [0.1, 0.15) is 5.56 Å². The number of para-hydroxylation sites is 1. The van der Waals surface area contributed by atoms with Crippen molar-refractivity contribution in [2.75, 3.05) is 5.75 Å². The molecule has 0 aliphatic rings. The van der Waals surface area contributed by atoms with Crippen molar-refractivity contribution >= 4 is 35.3 Å². The van der Waals surface area contributed by atoms with Gasteiger partial charge in [-0.25, -0.2) is 5.43 Å². The predicted octanol–water partition coefficient (Wildman–Crippen LogP) is 3.70. The maximum atomic E-state index is 12.4. The average Bonchev–Trinajstić information content (AvgIpc) is 3.33. The Balaban J connectivity index is 1.52. The summed E-state index contributed by atoms with van der Waals surface area (Å²) in [6.07, 6.45) is 1.10. The minimum atomic E-state index is -0.614. The van der Waals surface area contributed by atoms with Crippen molar-refractivity contribution in [3.8, 4) is 22.8 Å². The van der Waals surface area contributed by atoms with Crippen LogP contribution in [0.3, 0.4) is 0 Å². The maximum absolute atomic E-state index is 12.4. The summed E-state index contributed by atoms with van der Waals surface area (Å²) >= 11 is 1.06. The average molecular weight is 519 g/mol. The molecule has 0 atom stereocenters. The topological polar surface area (TPSA) is 179 Å². The minimum absolute atomic E-state index is 0.0626. The van der Waals surface area contributed by atoms with Crippen molar-refractivity contribution in [2.24, 2.45) is 5.10 Å². The number of rotatable bonds is 9. The van der Waals surface area contributed by atoms with Gasteiger partial charge in [-0.2, -0.15) is 5.10 Å². The second kappa shape index (κ2) is 11.1. The van der Waals surface area contributed by atoms with E-state index in [1.54, 1.807) is 16.7 Å². The number of benzene rings is 3. The molecule has 0 aliphatic carbocycles. The van der Waals surface area contributed by atoms with Crippen molar-refractivity contribution in [1.82, 2.24) is 20.2 Å². The zero-order chi connectivity index (χ0) is 26.4. The summed E-state index contributed by atoms with van der Waals surface area (Å²) in [5.74, 6) is -0.497. The Hall–Kier alpha value is -5.11. The van der Waals surface area contributed by atoms with Crippen LogP contribution in [0.5, 0.6) is 5.75 Å². The number of hydrogen-bond acceptors (Lipinski definition) is 10. The molecule has 2 N–H and O–H groups in total. The third kappa shape index (κ3) is 5.94. The molecule has 0 aliphatic heterocycles. The fourth-order valence-electron chi connectivity index (χ4n) is 3.21. The van der Waals surface area contributed by atoms with Crippen LogP contribution in [-0.4, -0.2) is 47.6 Å². The number of non-ortho nitro benzene ring substituents is 2. The Morgan fingerprint density at radius 1 is 1.00 bits per heavy atom. The minimum Gasteiger partial charge on any atom is -0.507 e. The number of amides is 1. The van der Waals surface area contributed by atoms with Crippen LogP contribution in [0.2, 0.25) is 0 Å². The molecule has 0 radical (unpaired) electrons. The van der Waals surface area contributed by atoms with Crippen LogP contribution in [0.4, 0.5) is 11.4 Å². The van der Waals surface area contributed by atoms with Crippen LogP contribution < -0.4 is 5.43 Å². The van der Waals surface area contributed by atoms with Crippen molar-refractivity contribution in [3.63, 3.8) is 0 Å². The van der Waals surface area contributed by atoms with Gasteiger partial charge in [-0.1, -0.05) is 42.1 Å². The molecular weight excluding hydrogens is 502 g/mol. The second-order valence-corrected chi connectivity index (χ2v) is 8.31. The highest BCUT2D eigenvalue weighted by molar-refractivity contribution is 7.99. The molecule has 4 aromatic rings. The highest BCUT2D eigenvalue weighted by Gasteiger charge is 2.19. The lowest BCUT2D eigenvalue weighted by Crippen LogP contribution is -2.20. The zero-order valence-corrected chi connectivity index (χ0v) is 19.6. The highest BCUT2D eigenvalue weighted by Crippen LogP contribution is 2.29. The highest BCUT2D eigenvalue weighted by atomic mass is 32.2. The van der Waals surface area contributed by atoms with Gasteiger partial charge in [-0.05, 0) is 18.2 Å². The number of hydrogen-bond donors (Lipinski definition) is 2. The van der Waals surface area contributed by atoms with Crippen LogP contribution in [0.15, 0.2) is 83.1 Å². The number of hydrazone groups is 1. The predicted molar refractivity (Wildman–Crippen MR) is 135 cm³/mol. The van der Waals surface area contributed by atoms with Crippen LogP contribution in [-0.2, 0) is 4.79 Å². The molecule has 0 saturated heterocycles. The van der Waals surface area contributed by atoms with Gasteiger partial charge < -0.3 is 5.11 Å². The number of nitro groups is 2. The van der Waals surface area contributed by atoms with Crippen LogP contribution >= 0.6 is 11.8 Å². The fourth-order valence-corrected chi connectivity index (χ4v) is 3.96. The Morgan fingerprint density at radius 2 is 1.73 bits per heavy atom. The van der Waals surface area contributed by atoms with E-state index in [4.69, 9.17) is 0 Å². The van der Waals surface area contributed by atoms with Gasteiger partial charge in [0.1, 0.15) is 5.75 Å². The molecular formula is C23H17N7O6S. The van der Waals surface area contributed by atoms with Crippen molar-refractivity contribution in [2.45, 2.75) is 5.16 Å². The number of aromatic hydroxyl groups is 1. The van der Waals surface area contributed by atoms with E-state index in [0.717, 1.165) is 36.2 Å². The standard InChI is InChI=1S/C23H17N7O6S/c31-20-10-9-19(30(35)36)12-16(20)13-24-25-21(32)14-37-23-27-26-22(28(23)17-6-2-1-3-7-17)15-5-4-8-18(11-15)29(33)34/h1-13,31H,14H2,(H,25,32)/b24-13-. The molecule has 1 heterocycles. The molecule has 186 valence electrons. The number of aromatic nitrogens is 3. The summed E-state index contributed by atoms with van der Waals surface area (Å²) in [6.45, 7) is 0. The molecule has 0 fully saturated rings. The SMILES string of the molecule is O=C(CSc1nnc(-c2cccc([N+](=O)[O-])c2)n1-c1ccccc1)N/N=C\c1cc([N+](=O)[O-])ccc1O. The lowest BCUT2D eigenvalue weighted by molar-refractivity contribution is -0.385. The second-order valence-electron chi connectivity index (χ2n) is 7.37. The van der Waals surface area contributed by atoms with Gasteiger partial charge in [0.25, 0.3) is 17.3 Å². The van der Waals surface area contributed by atoms with E-state index in [1.807, 2.05) is 30.3 Å². The molecule has 4 rings (SSSR count). The molecule has 1 aromatic heterocycles. The van der Waals surface area contributed by atoms with E-state index in [9.17, 15) is 30.1 Å². The third-order valence-corrected chi connectivity index (χ3v) is 5.84. The Labute approximate surface area is 212 Å². The number of phenolic OH excluding ortho intramolecular Hbond substituents is 1. The first kappa shape index (κ1) is 25.0. The lowest BCUT2D eigenvalue weighted by atomic mass is 10.2. The number of nitrogens with one attached hydrogen (secondary N) is 1. The molecule has 3 aromatic carbocycles. The smallest absolute Gasteiger partial charge is 0.270 e. The molecule has 14 heteroatoms. The van der Waals surface area contributed by atoms with Gasteiger partial charge in [0.15, 0.2) is 11.0 Å². The van der Waals surface area contributed by atoms with Crippen molar-refractivity contribution < 1.29 is 19.7 Å². The van der Waals surface area contributed by atoms with Gasteiger partial charge >= 0.3 is 0 Å². The van der Waals surface area contributed by atoms with Crippen LogP contribution in [0, 0.1) is 20.2 Å². The molecule has 0 bridgehead atoms. The van der Waals surface area contributed by atoms with E-state index < -0.39 is 15.8 Å². The molecule has 0 saturated carbocycles. The van der Waals surface area contributed by atoms with Crippen molar-refractivity contribution in [3.05, 3.63) is 98.6 Å². The quantitative estimate of drug-likeness (QED) is 0.144. The molecule has 13 nitrogen and oxygen atoms in total. The summed E-state index contributed by atoms with van der Waals surface area (Å²) in [5, 5.41) is 44.4. The summed E-state index contributed by atoms with van der Waals surface area (Å²) < 4.78 is 1.68. The number of nitro benzene ring substituents is 2. The Kier molecular flexibility index (Phi) is 7.49. The zero-order valence-electron chi connectivity index (χ0n) is 18.8. The van der Waals surface area contributed by atoms with Gasteiger partial charge in [0.2, 0.25) is 0 Å². The molecule has 1 amide bonds. The monoisotopic (exact) mass is 519 g/mol. The summed E-state index contributed by atoms with van der Waals surface area (Å²) in [6, 6.07) is 18.5. The first-order valence-electron chi connectivity index (χ1n) is 10.5. The summed E-state index contributed by atoms with van der Waals surface area (Å²) in [5.41, 5.74) is 3.19. The summed E-state index contributed by atoms with van der Waals surface area (Å²) in [7, 11) is 0. The maximum Gasteiger partial charge on any atom is 0.270 e.